The largest absolute Gasteiger partial charge is 0.384 e. The lowest BCUT2D eigenvalue weighted by Gasteiger charge is -2.22. The van der Waals surface area contributed by atoms with Crippen LogP contribution in [-0.2, 0) is 18.8 Å². The average molecular weight is 381 g/mol. The fourth-order valence-electron chi connectivity index (χ4n) is 4.01. The molecule has 2 aliphatic rings. The predicted molar refractivity (Wildman–Crippen MR) is 107 cm³/mol. The number of ether oxygens (including phenoxy) is 3. The van der Waals surface area contributed by atoms with Crippen LogP contribution in [0, 0.1) is 23.7 Å². The van der Waals surface area contributed by atoms with Crippen molar-refractivity contribution in [3.63, 3.8) is 0 Å². The molecule has 146 valence electrons. The minimum Gasteiger partial charge on any atom is -0.384 e. The zero-order valence-electron chi connectivity index (χ0n) is 17.3. The van der Waals surface area contributed by atoms with E-state index in [0.29, 0.717) is 18.0 Å². The van der Waals surface area contributed by atoms with Crippen molar-refractivity contribution < 1.29 is 18.8 Å². The summed E-state index contributed by atoms with van der Waals surface area (Å²) in [5.74, 6) is 2.94. The second-order valence-electron chi connectivity index (χ2n) is 8.59. The van der Waals surface area contributed by atoms with Gasteiger partial charge in [-0.2, -0.15) is 0 Å². The fourth-order valence-corrected chi connectivity index (χ4v) is 5.45. The summed E-state index contributed by atoms with van der Waals surface area (Å²) in [5, 5.41) is 0. The van der Waals surface area contributed by atoms with Crippen molar-refractivity contribution in [2.24, 2.45) is 23.7 Å². The highest BCUT2D eigenvalue weighted by Gasteiger charge is 2.44. The molecule has 2 rings (SSSR count). The van der Waals surface area contributed by atoms with Gasteiger partial charge in [0.15, 0.2) is 12.0 Å². The first-order chi connectivity index (χ1) is 12.1. The van der Waals surface area contributed by atoms with Crippen LogP contribution < -0.4 is 0 Å². The summed E-state index contributed by atoms with van der Waals surface area (Å²) in [6, 6.07) is -0.261. The van der Waals surface area contributed by atoms with Gasteiger partial charge in [0.1, 0.15) is 14.0 Å². The number of rotatable bonds is 7. The summed E-state index contributed by atoms with van der Waals surface area (Å²) in [4.78, 5) is 0. The predicted octanol–water partition coefficient (Wildman–Crippen LogP) is 4.35. The Kier molecular flexibility index (Phi) is 7.92. The molecule has 2 radical (unpaired) electrons. The molecule has 4 nitrogen and oxygen atoms in total. The topological polar surface area (TPSA) is 44.8 Å². The molecule has 0 aliphatic carbocycles. The molecule has 2 aliphatic heterocycles. The van der Waals surface area contributed by atoms with E-state index in [9.17, 15) is 4.57 Å². The van der Waals surface area contributed by atoms with Crippen molar-refractivity contribution in [1.29, 1.82) is 0 Å². The molecule has 9 atom stereocenters. The maximum absolute atomic E-state index is 12.7. The average Bonchev–Trinajstić information content (AvgIpc) is 2.97. The summed E-state index contributed by atoms with van der Waals surface area (Å²) in [7, 11) is 4.60. The quantitative estimate of drug-likeness (QED) is 0.486. The van der Waals surface area contributed by atoms with Gasteiger partial charge < -0.3 is 14.2 Å². The molecule has 0 N–H and O–H groups in total. The monoisotopic (exact) mass is 381 g/mol. The Bertz CT molecular complexity index is 510. The van der Waals surface area contributed by atoms with E-state index in [1.807, 2.05) is 25.7 Å². The lowest BCUT2D eigenvalue weighted by atomic mass is 9.80. The van der Waals surface area contributed by atoms with Crippen LogP contribution in [0.5, 0.6) is 0 Å². The van der Waals surface area contributed by atoms with Crippen LogP contribution in [0.2, 0.25) is 0 Å². The SMILES string of the molecule is [B][C@@H]1O[C@H](C(C)C)C(C[P+](=O)/C=C/[C@H]2O[C@@H](C)[C@@H](C)C2OC(C)C)[C@@H]1C. The van der Waals surface area contributed by atoms with E-state index in [4.69, 9.17) is 22.1 Å². The van der Waals surface area contributed by atoms with Gasteiger partial charge in [-0.1, -0.05) is 32.3 Å². The van der Waals surface area contributed by atoms with E-state index in [-0.39, 0.29) is 48.4 Å². The second kappa shape index (κ2) is 9.32. The highest BCUT2D eigenvalue weighted by molar-refractivity contribution is 7.48. The molecule has 0 bridgehead atoms. The van der Waals surface area contributed by atoms with Gasteiger partial charge >= 0.3 is 7.80 Å². The van der Waals surface area contributed by atoms with Crippen LogP contribution >= 0.6 is 7.80 Å². The van der Waals surface area contributed by atoms with Crippen molar-refractivity contribution in [2.75, 3.05) is 6.16 Å². The highest BCUT2D eigenvalue weighted by atomic mass is 31.1. The molecule has 0 spiro atoms. The number of hydrogen-bond acceptors (Lipinski definition) is 4. The highest BCUT2D eigenvalue weighted by Crippen LogP contribution is 2.41. The van der Waals surface area contributed by atoms with E-state index >= 15 is 0 Å². The minimum atomic E-state index is -1.47. The molecule has 2 saturated heterocycles. The molecule has 0 aromatic rings. The third kappa shape index (κ3) is 5.19. The summed E-state index contributed by atoms with van der Waals surface area (Å²) >= 11 is 0. The summed E-state index contributed by atoms with van der Waals surface area (Å²) in [5.41, 5.74) is 0. The fraction of sp³-hybridized carbons (Fsp3) is 0.900. The Morgan fingerprint density at radius 2 is 1.77 bits per heavy atom. The van der Waals surface area contributed by atoms with Crippen molar-refractivity contribution >= 4 is 15.6 Å². The first-order valence-electron chi connectivity index (χ1n) is 9.95. The molecule has 0 aromatic heterocycles. The molecule has 26 heavy (non-hydrogen) atoms. The van der Waals surface area contributed by atoms with Crippen molar-refractivity contribution in [1.82, 2.24) is 0 Å². The van der Waals surface area contributed by atoms with Gasteiger partial charge in [-0.05, 0) is 38.7 Å². The van der Waals surface area contributed by atoms with E-state index in [0.717, 1.165) is 0 Å². The molecule has 0 saturated carbocycles. The minimum absolute atomic E-state index is 0.00947. The lowest BCUT2D eigenvalue weighted by Crippen LogP contribution is -2.30. The van der Waals surface area contributed by atoms with Crippen LogP contribution in [-0.4, -0.2) is 50.5 Å². The maximum Gasteiger partial charge on any atom is 0.369 e. The molecular weight excluding hydrogens is 346 g/mol. The van der Waals surface area contributed by atoms with Crippen LogP contribution in [0.25, 0.3) is 0 Å². The lowest BCUT2D eigenvalue weighted by molar-refractivity contribution is -0.0326. The molecule has 6 heteroatoms. The Hall–Kier alpha value is -0.215. The third-order valence-corrected chi connectivity index (χ3v) is 7.09. The van der Waals surface area contributed by atoms with Gasteiger partial charge in [0.25, 0.3) is 0 Å². The van der Waals surface area contributed by atoms with E-state index in [1.54, 1.807) is 0 Å². The van der Waals surface area contributed by atoms with Crippen molar-refractivity contribution in [3.05, 3.63) is 11.9 Å². The van der Waals surface area contributed by atoms with Gasteiger partial charge in [-0.15, -0.1) is 0 Å². The molecule has 3 unspecified atom stereocenters. The Balaban J connectivity index is 1.99. The van der Waals surface area contributed by atoms with E-state index < -0.39 is 7.80 Å². The van der Waals surface area contributed by atoms with Crippen molar-refractivity contribution in [2.45, 2.75) is 85.0 Å². The molecule has 2 heterocycles. The van der Waals surface area contributed by atoms with Crippen molar-refractivity contribution in [3.8, 4) is 0 Å². The zero-order chi connectivity index (χ0) is 19.6. The van der Waals surface area contributed by atoms with E-state index in [2.05, 4.69) is 34.6 Å². The first kappa shape index (κ1) is 22.1. The molecular formula is C20H35BO4P+. The molecule has 2 fully saturated rings. The molecule has 0 amide bonds. The Morgan fingerprint density at radius 1 is 1.12 bits per heavy atom. The van der Waals surface area contributed by atoms with Crippen LogP contribution in [0.3, 0.4) is 0 Å². The van der Waals surface area contributed by atoms with E-state index in [1.165, 1.54) is 0 Å². The smallest absolute Gasteiger partial charge is 0.369 e. The van der Waals surface area contributed by atoms with Gasteiger partial charge in [0.2, 0.25) is 0 Å². The molecule has 0 aromatic carbocycles. The standard InChI is InChI=1S/C20H35BO4P/c1-11(2)18-16(14(6)20(21)25-18)10-26(22)9-8-17-19(23-12(3)4)13(5)15(7)24-17/h8-9,11-20H,10H2,1-7H3/q+1/b9-8+/t13-,14+,15+,16?,17-,18-,19?,20-/m1/s1. The Morgan fingerprint density at radius 3 is 2.35 bits per heavy atom. The van der Waals surface area contributed by atoms with Gasteiger partial charge in [-0.25, -0.2) is 0 Å². The van der Waals surface area contributed by atoms with Gasteiger partial charge in [-0.3, -0.25) is 0 Å². The normalized spacial score (nSPS) is 41.7. The van der Waals surface area contributed by atoms with Crippen LogP contribution in [0.1, 0.15) is 48.5 Å². The number of hydrogen-bond donors (Lipinski definition) is 0. The summed E-state index contributed by atoms with van der Waals surface area (Å²) in [6.45, 7) is 14.7. The van der Waals surface area contributed by atoms with Gasteiger partial charge in [0, 0.05) is 17.8 Å². The van der Waals surface area contributed by atoms with Gasteiger partial charge in [0.05, 0.1) is 24.4 Å². The summed E-state index contributed by atoms with van der Waals surface area (Å²) < 4.78 is 30.7. The zero-order valence-corrected chi connectivity index (χ0v) is 18.2. The Labute approximate surface area is 161 Å². The maximum atomic E-state index is 12.7. The van der Waals surface area contributed by atoms with Crippen LogP contribution in [0.4, 0.5) is 0 Å². The second-order valence-corrected chi connectivity index (χ2v) is 10.1. The third-order valence-electron chi connectivity index (χ3n) is 5.80. The van der Waals surface area contributed by atoms with Crippen LogP contribution in [0.15, 0.2) is 11.9 Å². The summed E-state index contributed by atoms with van der Waals surface area (Å²) in [6.07, 6.45) is 2.78. The first-order valence-corrected chi connectivity index (χ1v) is 11.5.